The average Bonchev–Trinajstić information content (AvgIpc) is 2.92. The highest BCUT2D eigenvalue weighted by molar-refractivity contribution is 5.85. The third kappa shape index (κ3) is 7.99. The molecular formula is C22H44ClN5O13. The molecule has 2 aliphatic heterocycles. The van der Waals surface area contributed by atoms with E-state index < -0.39 is 110 Å². The van der Waals surface area contributed by atoms with Crippen LogP contribution in [-0.2, 0) is 23.7 Å². The first-order valence-corrected chi connectivity index (χ1v) is 13.1. The molecule has 1 amide bonds. The Bertz CT molecular complexity index is 822. The molecule has 3 aliphatic rings. The van der Waals surface area contributed by atoms with Crippen molar-refractivity contribution in [2.24, 2.45) is 22.9 Å². The van der Waals surface area contributed by atoms with Gasteiger partial charge in [-0.25, -0.2) is 0 Å². The fourth-order valence-electron chi connectivity index (χ4n) is 5.07. The maximum atomic E-state index is 12.6. The lowest BCUT2D eigenvalue weighted by Gasteiger charge is -2.49. The number of carbonyl (C=O) groups is 1. The van der Waals surface area contributed by atoms with Gasteiger partial charge in [0.05, 0.1) is 18.7 Å². The van der Waals surface area contributed by atoms with E-state index in [1.54, 1.807) is 0 Å². The highest BCUT2D eigenvalue weighted by Crippen LogP contribution is 2.32. The molecule has 41 heavy (non-hydrogen) atoms. The topological polar surface area (TPSA) is 332 Å². The number of halogens is 1. The van der Waals surface area contributed by atoms with Crippen LogP contribution in [0.1, 0.15) is 12.8 Å². The molecule has 1 aliphatic carbocycles. The van der Waals surface area contributed by atoms with Gasteiger partial charge in [0, 0.05) is 12.6 Å². The van der Waals surface area contributed by atoms with E-state index in [1.807, 2.05) is 0 Å². The molecular weight excluding hydrogens is 578 g/mol. The largest absolute Gasteiger partial charge is 0.394 e. The van der Waals surface area contributed by atoms with Crippen LogP contribution < -0.4 is 28.3 Å². The molecule has 18 nitrogen and oxygen atoms in total. The van der Waals surface area contributed by atoms with Gasteiger partial charge in [-0.15, -0.1) is 12.4 Å². The quantitative estimate of drug-likeness (QED) is 0.108. The lowest BCUT2D eigenvalue weighted by atomic mass is 9.83. The standard InChI is InChI=1S/C22H43N5O13.ClH/c23-2-1-8(29)20(36)27-7-3-6(25)18(39-22-16(34)15(33)13(31)9(4-24)37-22)17(35)19(7)40-21-14(32)11(26)12(30)10(5-28)38-21;/h6-19,21-22,28-35H,1-5,23-26H2,(H,27,36);1H/t6-,7+,8+,9+,10+,11-,12+,13+,14+,15-,16+,17-,18+,19-,21+,22+;/m0./s1. The summed E-state index contributed by atoms with van der Waals surface area (Å²) in [4.78, 5) is 12.6. The second kappa shape index (κ2) is 15.7. The van der Waals surface area contributed by atoms with Crippen molar-refractivity contribution in [1.82, 2.24) is 5.32 Å². The summed E-state index contributed by atoms with van der Waals surface area (Å²) in [5, 5.41) is 84.9. The zero-order chi connectivity index (χ0) is 29.9. The third-order valence-corrected chi connectivity index (χ3v) is 7.51. The number of ether oxygens (including phenoxy) is 4. The molecule has 1 saturated carbocycles. The zero-order valence-electron chi connectivity index (χ0n) is 22.1. The number of nitrogens with one attached hydrogen (secondary N) is 1. The van der Waals surface area contributed by atoms with Crippen molar-refractivity contribution in [3.05, 3.63) is 0 Å². The number of carbonyl (C=O) groups excluding carboxylic acids is 1. The molecule has 3 fully saturated rings. The first-order chi connectivity index (χ1) is 18.9. The first-order valence-electron chi connectivity index (χ1n) is 13.1. The SMILES string of the molecule is Cl.NCC[C@@H](O)C(=O)N[C@@H]1C[C@H](N)[C@@H](O[C@H]2O[C@H](CN)[C@@H](O)[C@H](O)[C@H]2O)[C@H](O)[C@H]1O[C@H]1O[C@H](CO)[C@@H](O)[C@H](N)[C@H]1O. The van der Waals surface area contributed by atoms with Crippen molar-refractivity contribution in [3.63, 3.8) is 0 Å². The van der Waals surface area contributed by atoms with Gasteiger partial charge >= 0.3 is 0 Å². The predicted molar refractivity (Wildman–Crippen MR) is 139 cm³/mol. The van der Waals surface area contributed by atoms with Crippen LogP contribution >= 0.6 is 12.4 Å². The van der Waals surface area contributed by atoms with Crippen LogP contribution in [0.3, 0.4) is 0 Å². The van der Waals surface area contributed by atoms with E-state index in [-0.39, 0.29) is 38.3 Å². The van der Waals surface area contributed by atoms with Gasteiger partial charge in [-0.1, -0.05) is 0 Å². The molecule has 3 rings (SSSR count). The van der Waals surface area contributed by atoms with Gasteiger partial charge in [0.15, 0.2) is 12.6 Å². The van der Waals surface area contributed by atoms with Gasteiger partial charge in [0.2, 0.25) is 5.91 Å². The molecule has 0 aromatic rings. The van der Waals surface area contributed by atoms with Crippen LogP contribution in [-0.4, -0.2) is 164 Å². The first kappa shape index (κ1) is 36.3. The molecule has 0 unspecified atom stereocenters. The number of hydrogen-bond donors (Lipinski definition) is 13. The number of aliphatic hydroxyl groups is 8. The Balaban J connectivity index is 0.00000588. The normalized spacial score (nSPS) is 45.9. The van der Waals surface area contributed by atoms with Crippen molar-refractivity contribution in [3.8, 4) is 0 Å². The summed E-state index contributed by atoms with van der Waals surface area (Å²) in [5.41, 5.74) is 23.1. The van der Waals surface area contributed by atoms with Crippen molar-refractivity contribution < 1.29 is 64.6 Å². The smallest absolute Gasteiger partial charge is 0.249 e. The summed E-state index contributed by atoms with van der Waals surface area (Å²) in [6, 6.07) is -3.45. The van der Waals surface area contributed by atoms with Gasteiger partial charge in [-0.2, -0.15) is 0 Å². The van der Waals surface area contributed by atoms with Crippen LogP contribution in [0.4, 0.5) is 0 Å². The second-order valence-corrected chi connectivity index (χ2v) is 10.3. The minimum Gasteiger partial charge on any atom is -0.394 e. The highest BCUT2D eigenvalue weighted by atomic mass is 35.5. The summed E-state index contributed by atoms with van der Waals surface area (Å²) in [5.74, 6) is -0.845. The molecule has 2 saturated heterocycles. The predicted octanol–water partition coefficient (Wildman–Crippen LogP) is -8.00. The number of aliphatic hydroxyl groups excluding tert-OH is 8. The van der Waals surface area contributed by atoms with Crippen molar-refractivity contribution in [2.75, 3.05) is 19.7 Å². The molecule has 0 radical (unpaired) electrons. The third-order valence-electron chi connectivity index (χ3n) is 7.51. The number of nitrogens with two attached hydrogens (primary N) is 4. The van der Waals surface area contributed by atoms with E-state index in [9.17, 15) is 45.6 Å². The van der Waals surface area contributed by atoms with Crippen molar-refractivity contribution >= 4 is 18.3 Å². The Morgan fingerprint density at radius 2 is 1.44 bits per heavy atom. The van der Waals surface area contributed by atoms with Crippen molar-refractivity contribution in [1.29, 1.82) is 0 Å². The molecule has 0 aromatic carbocycles. The summed E-state index contributed by atoms with van der Waals surface area (Å²) in [7, 11) is 0. The molecule has 0 bridgehead atoms. The molecule has 242 valence electrons. The van der Waals surface area contributed by atoms with E-state index in [0.717, 1.165) is 0 Å². The van der Waals surface area contributed by atoms with E-state index >= 15 is 0 Å². The Hall–Kier alpha value is -0.880. The van der Waals surface area contributed by atoms with Crippen LogP contribution in [0.25, 0.3) is 0 Å². The van der Waals surface area contributed by atoms with Crippen molar-refractivity contribution in [2.45, 2.75) is 111 Å². The molecule has 0 aromatic heterocycles. The van der Waals surface area contributed by atoms with Gasteiger partial charge in [-0.3, -0.25) is 4.79 Å². The monoisotopic (exact) mass is 621 g/mol. The lowest BCUT2D eigenvalue weighted by molar-refractivity contribution is -0.332. The highest BCUT2D eigenvalue weighted by Gasteiger charge is 2.52. The van der Waals surface area contributed by atoms with E-state index in [0.29, 0.717) is 0 Å². The van der Waals surface area contributed by atoms with E-state index in [1.165, 1.54) is 0 Å². The van der Waals surface area contributed by atoms with Crippen LogP contribution in [0, 0.1) is 0 Å². The molecule has 19 heteroatoms. The van der Waals surface area contributed by atoms with Gasteiger partial charge in [0.25, 0.3) is 0 Å². The second-order valence-electron chi connectivity index (χ2n) is 10.3. The van der Waals surface area contributed by atoms with Gasteiger partial charge < -0.3 is 88.1 Å². The maximum absolute atomic E-state index is 12.6. The zero-order valence-corrected chi connectivity index (χ0v) is 22.9. The number of amides is 1. The number of hydrogen-bond acceptors (Lipinski definition) is 17. The molecule has 0 spiro atoms. The Labute approximate surface area is 241 Å². The lowest BCUT2D eigenvalue weighted by Crippen LogP contribution is -2.69. The van der Waals surface area contributed by atoms with Crippen LogP contribution in [0.15, 0.2) is 0 Å². The maximum Gasteiger partial charge on any atom is 0.249 e. The minimum absolute atomic E-state index is 0. The van der Waals surface area contributed by atoms with E-state index in [2.05, 4.69) is 5.32 Å². The van der Waals surface area contributed by atoms with Gasteiger partial charge in [-0.05, 0) is 19.4 Å². The average molecular weight is 622 g/mol. The molecule has 16 atom stereocenters. The summed E-state index contributed by atoms with van der Waals surface area (Å²) >= 11 is 0. The fourth-order valence-corrected chi connectivity index (χ4v) is 5.07. The Morgan fingerprint density at radius 3 is 2.02 bits per heavy atom. The van der Waals surface area contributed by atoms with Crippen LogP contribution in [0.2, 0.25) is 0 Å². The van der Waals surface area contributed by atoms with Gasteiger partial charge in [0.1, 0.15) is 67.1 Å². The number of rotatable bonds is 10. The molecule has 2 heterocycles. The fraction of sp³-hybridized carbons (Fsp3) is 0.955. The summed E-state index contributed by atoms with van der Waals surface area (Å²) < 4.78 is 22.5. The summed E-state index contributed by atoms with van der Waals surface area (Å²) in [6.07, 6.45) is -19.8. The molecule has 17 N–H and O–H groups in total. The van der Waals surface area contributed by atoms with Crippen LogP contribution in [0.5, 0.6) is 0 Å². The Morgan fingerprint density at radius 1 is 0.854 bits per heavy atom. The Kier molecular flexibility index (Phi) is 13.9. The minimum atomic E-state index is -1.76. The summed E-state index contributed by atoms with van der Waals surface area (Å²) in [6.45, 7) is -0.898. The van der Waals surface area contributed by atoms with E-state index in [4.69, 9.17) is 41.9 Å².